The first kappa shape index (κ1) is 18.2. The average molecular weight is 410 g/mol. The van der Waals surface area contributed by atoms with E-state index in [1.807, 2.05) is 68.4 Å². The van der Waals surface area contributed by atoms with E-state index in [0.29, 0.717) is 5.75 Å². The van der Waals surface area contributed by atoms with E-state index in [0.717, 1.165) is 26.9 Å². The molecule has 0 atom stereocenters. The van der Waals surface area contributed by atoms with Gasteiger partial charge in [-0.3, -0.25) is 4.79 Å². The molecule has 0 aliphatic carbocycles. The Morgan fingerprint density at radius 2 is 1.73 bits per heavy atom. The Morgan fingerprint density at radius 3 is 2.42 bits per heavy atom. The van der Waals surface area contributed by atoms with Gasteiger partial charge in [0.1, 0.15) is 5.75 Å². The van der Waals surface area contributed by atoms with Gasteiger partial charge in [-0.2, -0.15) is 0 Å². The molecule has 0 saturated heterocycles. The molecule has 0 spiro atoms. The first-order chi connectivity index (χ1) is 12.5. The van der Waals surface area contributed by atoms with E-state index in [9.17, 15) is 4.79 Å². The minimum atomic E-state index is -0.184. The Balaban J connectivity index is 1.63. The summed E-state index contributed by atoms with van der Waals surface area (Å²) in [6, 6.07) is 21.9. The normalized spacial score (nSPS) is 10.4. The third kappa shape index (κ3) is 4.52. The maximum atomic E-state index is 12.2. The van der Waals surface area contributed by atoms with Crippen LogP contribution in [0, 0.1) is 13.8 Å². The molecule has 0 bridgehead atoms. The van der Waals surface area contributed by atoms with Crippen molar-refractivity contribution in [2.45, 2.75) is 13.8 Å². The highest BCUT2D eigenvalue weighted by molar-refractivity contribution is 9.10. The number of aryl methyl sites for hydroxylation is 2. The van der Waals surface area contributed by atoms with Gasteiger partial charge in [0, 0.05) is 5.69 Å². The third-order valence-electron chi connectivity index (χ3n) is 4.05. The summed E-state index contributed by atoms with van der Waals surface area (Å²) in [4.78, 5) is 12.2. The molecule has 0 radical (unpaired) electrons. The molecule has 3 nitrogen and oxygen atoms in total. The van der Waals surface area contributed by atoms with Gasteiger partial charge in [-0.25, -0.2) is 0 Å². The molecule has 0 saturated carbocycles. The predicted molar refractivity (Wildman–Crippen MR) is 110 cm³/mol. The van der Waals surface area contributed by atoms with Gasteiger partial charge >= 0.3 is 0 Å². The minimum Gasteiger partial charge on any atom is -0.483 e. The summed E-state index contributed by atoms with van der Waals surface area (Å²) in [6.07, 6.45) is 0. The fourth-order valence-electron chi connectivity index (χ4n) is 2.71. The molecule has 0 aliphatic heterocycles. The number of anilines is 1. The molecule has 0 aromatic heterocycles. The lowest BCUT2D eigenvalue weighted by molar-refractivity contribution is -0.118. The number of hydrogen-bond donors (Lipinski definition) is 1. The van der Waals surface area contributed by atoms with E-state index in [4.69, 9.17) is 4.74 Å². The quantitative estimate of drug-likeness (QED) is 0.582. The lowest BCUT2D eigenvalue weighted by Crippen LogP contribution is -2.20. The van der Waals surface area contributed by atoms with E-state index < -0.39 is 0 Å². The highest BCUT2D eigenvalue weighted by atomic mass is 79.9. The Morgan fingerprint density at radius 1 is 0.962 bits per heavy atom. The van der Waals surface area contributed by atoms with Crippen molar-refractivity contribution in [2.24, 2.45) is 0 Å². The number of benzene rings is 3. The molecule has 1 N–H and O–H groups in total. The maximum absolute atomic E-state index is 12.2. The Kier molecular flexibility index (Phi) is 5.74. The van der Waals surface area contributed by atoms with Crippen molar-refractivity contribution in [3.8, 4) is 16.9 Å². The molecular formula is C22H20BrNO2. The fraction of sp³-hybridized carbons (Fsp3) is 0.136. The number of carbonyl (C=O) groups excluding carboxylic acids is 1. The Labute approximate surface area is 162 Å². The maximum Gasteiger partial charge on any atom is 0.262 e. The zero-order valence-corrected chi connectivity index (χ0v) is 16.3. The van der Waals surface area contributed by atoms with E-state index in [2.05, 4.69) is 33.4 Å². The number of rotatable bonds is 5. The van der Waals surface area contributed by atoms with Gasteiger partial charge in [-0.1, -0.05) is 54.1 Å². The summed E-state index contributed by atoms with van der Waals surface area (Å²) in [7, 11) is 0. The summed E-state index contributed by atoms with van der Waals surface area (Å²) in [5, 5.41) is 2.89. The minimum absolute atomic E-state index is 0.0450. The topological polar surface area (TPSA) is 38.3 Å². The van der Waals surface area contributed by atoms with E-state index in [1.165, 1.54) is 5.56 Å². The molecule has 0 fully saturated rings. The standard InChI is InChI=1S/C22H20BrNO2/c1-15-8-10-20(16(2)12-15)24-22(25)14-26-21-11-9-18(13-19(21)23)17-6-4-3-5-7-17/h3-13H,14H2,1-2H3,(H,24,25). The van der Waals surface area contributed by atoms with Crippen LogP contribution in [-0.4, -0.2) is 12.5 Å². The molecule has 3 rings (SSSR count). The number of hydrogen-bond acceptors (Lipinski definition) is 2. The number of halogens is 1. The molecule has 26 heavy (non-hydrogen) atoms. The highest BCUT2D eigenvalue weighted by Gasteiger charge is 2.09. The van der Waals surface area contributed by atoms with E-state index >= 15 is 0 Å². The van der Waals surface area contributed by atoms with Crippen LogP contribution >= 0.6 is 15.9 Å². The number of carbonyl (C=O) groups is 1. The molecule has 132 valence electrons. The first-order valence-electron chi connectivity index (χ1n) is 8.38. The second-order valence-electron chi connectivity index (χ2n) is 6.17. The molecule has 0 unspecified atom stereocenters. The van der Waals surface area contributed by atoms with E-state index in [1.54, 1.807) is 0 Å². The zero-order valence-electron chi connectivity index (χ0n) is 14.8. The molecule has 0 aliphatic rings. The van der Waals surface area contributed by atoms with Crippen molar-refractivity contribution in [1.82, 2.24) is 0 Å². The van der Waals surface area contributed by atoms with Crippen molar-refractivity contribution in [1.29, 1.82) is 0 Å². The molecule has 4 heteroatoms. The van der Waals surface area contributed by atoms with Gasteiger partial charge in [0.15, 0.2) is 6.61 Å². The van der Waals surface area contributed by atoms with Crippen LogP contribution in [0.1, 0.15) is 11.1 Å². The number of amides is 1. The van der Waals surface area contributed by atoms with Crippen LogP contribution < -0.4 is 10.1 Å². The highest BCUT2D eigenvalue weighted by Crippen LogP contribution is 2.30. The Bertz CT molecular complexity index is 923. The van der Waals surface area contributed by atoms with Gasteiger partial charge in [0.2, 0.25) is 0 Å². The lowest BCUT2D eigenvalue weighted by atomic mass is 10.1. The number of ether oxygens (including phenoxy) is 1. The van der Waals surface area contributed by atoms with Gasteiger partial charge in [-0.15, -0.1) is 0 Å². The van der Waals surface area contributed by atoms with Crippen LogP contribution in [0.5, 0.6) is 5.75 Å². The van der Waals surface area contributed by atoms with Crippen LogP contribution in [0.3, 0.4) is 0 Å². The van der Waals surface area contributed by atoms with Crippen molar-refractivity contribution in [2.75, 3.05) is 11.9 Å². The van der Waals surface area contributed by atoms with Crippen LogP contribution in [0.25, 0.3) is 11.1 Å². The van der Waals surface area contributed by atoms with Crippen molar-refractivity contribution < 1.29 is 9.53 Å². The fourth-order valence-corrected chi connectivity index (χ4v) is 3.20. The van der Waals surface area contributed by atoms with E-state index in [-0.39, 0.29) is 12.5 Å². The van der Waals surface area contributed by atoms with Crippen molar-refractivity contribution in [3.05, 3.63) is 82.3 Å². The first-order valence-corrected chi connectivity index (χ1v) is 9.17. The second kappa shape index (κ2) is 8.19. The molecule has 3 aromatic rings. The smallest absolute Gasteiger partial charge is 0.262 e. The summed E-state index contributed by atoms with van der Waals surface area (Å²) >= 11 is 3.52. The second-order valence-corrected chi connectivity index (χ2v) is 7.02. The largest absolute Gasteiger partial charge is 0.483 e. The zero-order chi connectivity index (χ0) is 18.5. The molecular weight excluding hydrogens is 390 g/mol. The van der Waals surface area contributed by atoms with Crippen LogP contribution in [0.2, 0.25) is 0 Å². The van der Waals surface area contributed by atoms with Crippen LogP contribution in [0.4, 0.5) is 5.69 Å². The third-order valence-corrected chi connectivity index (χ3v) is 4.67. The molecule has 1 amide bonds. The Hall–Kier alpha value is -2.59. The monoisotopic (exact) mass is 409 g/mol. The van der Waals surface area contributed by atoms with Crippen molar-refractivity contribution in [3.63, 3.8) is 0 Å². The lowest BCUT2D eigenvalue weighted by Gasteiger charge is -2.12. The summed E-state index contributed by atoms with van der Waals surface area (Å²) in [5.74, 6) is 0.455. The average Bonchev–Trinajstić information content (AvgIpc) is 2.64. The number of nitrogens with one attached hydrogen (secondary N) is 1. The predicted octanol–water partition coefficient (Wildman–Crippen LogP) is 5.75. The molecule has 3 aromatic carbocycles. The van der Waals surface area contributed by atoms with Crippen molar-refractivity contribution >= 4 is 27.5 Å². The summed E-state index contributed by atoms with van der Waals surface area (Å²) in [5.41, 5.74) is 5.23. The summed E-state index contributed by atoms with van der Waals surface area (Å²) in [6.45, 7) is 3.96. The van der Waals surface area contributed by atoms with Gasteiger partial charge in [0.25, 0.3) is 5.91 Å². The van der Waals surface area contributed by atoms with Crippen LogP contribution in [-0.2, 0) is 4.79 Å². The SMILES string of the molecule is Cc1ccc(NC(=O)COc2ccc(-c3ccccc3)cc2Br)c(C)c1. The van der Waals surface area contributed by atoms with Gasteiger partial charge < -0.3 is 10.1 Å². The molecule has 0 heterocycles. The van der Waals surface area contributed by atoms with Gasteiger partial charge in [-0.05, 0) is 64.7 Å². The van der Waals surface area contributed by atoms with Gasteiger partial charge in [0.05, 0.1) is 4.47 Å². The van der Waals surface area contributed by atoms with Crippen LogP contribution in [0.15, 0.2) is 71.2 Å². The summed E-state index contributed by atoms with van der Waals surface area (Å²) < 4.78 is 6.48.